The number of aryl methyl sites for hydroxylation is 1. The van der Waals surface area contributed by atoms with E-state index in [0.29, 0.717) is 12.1 Å². The molecule has 0 heterocycles. The number of hydrogen-bond acceptors (Lipinski definition) is 2. The average molecular weight is 273 g/mol. The number of hydrogen-bond donors (Lipinski definition) is 1. The van der Waals surface area contributed by atoms with Gasteiger partial charge in [-0.25, -0.2) is 9.18 Å². The molecule has 0 saturated heterocycles. The van der Waals surface area contributed by atoms with Crippen molar-refractivity contribution in [3.05, 3.63) is 59.4 Å². The maximum Gasteiger partial charge on any atom is 0.335 e. The molecule has 0 unspecified atom stereocenters. The summed E-state index contributed by atoms with van der Waals surface area (Å²) in [5.74, 6) is -1.23. The smallest absolute Gasteiger partial charge is 0.335 e. The normalized spacial score (nSPS) is 10.3. The lowest BCUT2D eigenvalue weighted by atomic mass is 10.1. The number of benzene rings is 2. The lowest BCUT2D eigenvalue weighted by Crippen LogP contribution is -2.16. The van der Waals surface area contributed by atoms with Crippen molar-refractivity contribution >= 4 is 17.3 Å². The van der Waals surface area contributed by atoms with Crippen LogP contribution in [0.25, 0.3) is 0 Å². The van der Waals surface area contributed by atoms with Crippen molar-refractivity contribution in [3.8, 4) is 0 Å². The Kier molecular flexibility index (Phi) is 4.03. The number of aromatic carboxylic acids is 1. The minimum Gasteiger partial charge on any atom is -0.478 e. The molecule has 0 aliphatic heterocycles. The zero-order valence-electron chi connectivity index (χ0n) is 11.4. The van der Waals surface area contributed by atoms with Gasteiger partial charge in [0.1, 0.15) is 5.82 Å². The van der Waals surface area contributed by atoms with Crippen LogP contribution in [0.1, 0.15) is 22.8 Å². The fourth-order valence-corrected chi connectivity index (χ4v) is 2.21. The van der Waals surface area contributed by atoms with Gasteiger partial charge in [-0.15, -0.1) is 0 Å². The van der Waals surface area contributed by atoms with Gasteiger partial charge in [-0.3, -0.25) is 0 Å². The summed E-state index contributed by atoms with van der Waals surface area (Å²) < 4.78 is 13.3. The number of halogens is 1. The zero-order valence-corrected chi connectivity index (χ0v) is 11.4. The highest BCUT2D eigenvalue weighted by molar-refractivity contribution is 5.90. The van der Waals surface area contributed by atoms with Crippen LogP contribution in [0.15, 0.2) is 42.5 Å². The van der Waals surface area contributed by atoms with Crippen LogP contribution in [0.2, 0.25) is 0 Å². The van der Waals surface area contributed by atoms with Gasteiger partial charge >= 0.3 is 5.97 Å². The number of carboxylic acid groups (broad SMARTS) is 1. The molecule has 0 saturated carbocycles. The second-order valence-electron chi connectivity index (χ2n) is 4.53. The molecule has 104 valence electrons. The second kappa shape index (κ2) is 5.74. The molecule has 0 bridgehead atoms. The van der Waals surface area contributed by atoms with Crippen molar-refractivity contribution < 1.29 is 14.3 Å². The summed E-state index contributed by atoms with van der Waals surface area (Å²) in [6, 6.07) is 11.5. The van der Waals surface area contributed by atoms with Gasteiger partial charge in [-0.05, 0) is 55.8 Å². The van der Waals surface area contributed by atoms with Crippen LogP contribution in [-0.4, -0.2) is 17.6 Å². The zero-order chi connectivity index (χ0) is 14.7. The average Bonchev–Trinajstić information content (AvgIpc) is 2.39. The summed E-state index contributed by atoms with van der Waals surface area (Å²) >= 11 is 0. The van der Waals surface area contributed by atoms with Gasteiger partial charge in [0.2, 0.25) is 0 Å². The Hall–Kier alpha value is -2.36. The maximum atomic E-state index is 13.3. The number of carboxylic acids is 1. The minimum atomic E-state index is -0.942. The molecule has 2 aromatic rings. The Morgan fingerprint density at radius 1 is 1.20 bits per heavy atom. The maximum absolute atomic E-state index is 13.3. The van der Waals surface area contributed by atoms with E-state index in [-0.39, 0.29) is 11.4 Å². The molecule has 1 N–H and O–H groups in total. The molecule has 0 aliphatic carbocycles. The van der Waals surface area contributed by atoms with E-state index < -0.39 is 5.97 Å². The Labute approximate surface area is 117 Å². The van der Waals surface area contributed by atoms with E-state index in [0.717, 1.165) is 11.4 Å². The summed E-state index contributed by atoms with van der Waals surface area (Å²) in [5, 5.41) is 9.04. The van der Waals surface area contributed by atoms with Crippen LogP contribution in [0, 0.1) is 12.7 Å². The number of rotatable bonds is 4. The minimum absolute atomic E-state index is 0.282. The SMILES string of the molecule is CCN(c1cccc(F)c1)c1ccc(C(=O)O)c(C)c1. The van der Waals surface area contributed by atoms with Crippen molar-refractivity contribution in [2.75, 3.05) is 11.4 Å². The number of anilines is 2. The third kappa shape index (κ3) is 2.79. The summed E-state index contributed by atoms with van der Waals surface area (Å²) in [5.41, 5.74) is 2.56. The molecule has 0 radical (unpaired) electrons. The molecule has 0 aliphatic rings. The van der Waals surface area contributed by atoms with Gasteiger partial charge in [-0.2, -0.15) is 0 Å². The quantitative estimate of drug-likeness (QED) is 0.915. The molecule has 0 aromatic heterocycles. The lowest BCUT2D eigenvalue weighted by Gasteiger charge is -2.24. The predicted octanol–water partition coefficient (Wildman–Crippen LogP) is 3.99. The molecule has 0 amide bonds. The number of carbonyl (C=O) groups is 1. The standard InChI is InChI=1S/C16H16FNO2/c1-3-18(13-6-4-5-12(17)10-13)14-7-8-15(16(19)20)11(2)9-14/h4-10H,3H2,1-2H3,(H,19,20). The van der Waals surface area contributed by atoms with E-state index in [4.69, 9.17) is 5.11 Å². The fraction of sp³-hybridized carbons (Fsp3) is 0.188. The van der Waals surface area contributed by atoms with Crippen molar-refractivity contribution in [1.82, 2.24) is 0 Å². The fourth-order valence-electron chi connectivity index (χ4n) is 2.21. The summed E-state index contributed by atoms with van der Waals surface area (Å²) in [7, 11) is 0. The molecule has 0 spiro atoms. The first-order chi connectivity index (χ1) is 9.52. The molecule has 20 heavy (non-hydrogen) atoms. The first-order valence-electron chi connectivity index (χ1n) is 6.40. The lowest BCUT2D eigenvalue weighted by molar-refractivity contribution is 0.0696. The Morgan fingerprint density at radius 2 is 1.90 bits per heavy atom. The molecular weight excluding hydrogens is 257 g/mol. The third-order valence-corrected chi connectivity index (χ3v) is 3.19. The highest BCUT2D eigenvalue weighted by Crippen LogP contribution is 2.27. The van der Waals surface area contributed by atoms with Gasteiger partial charge in [0.15, 0.2) is 0 Å². The molecule has 3 nitrogen and oxygen atoms in total. The Morgan fingerprint density at radius 3 is 2.45 bits per heavy atom. The van der Waals surface area contributed by atoms with Gasteiger partial charge in [-0.1, -0.05) is 6.07 Å². The van der Waals surface area contributed by atoms with Crippen LogP contribution in [0.4, 0.5) is 15.8 Å². The highest BCUT2D eigenvalue weighted by atomic mass is 19.1. The second-order valence-corrected chi connectivity index (χ2v) is 4.53. The van der Waals surface area contributed by atoms with E-state index in [1.54, 1.807) is 31.2 Å². The van der Waals surface area contributed by atoms with Crippen molar-refractivity contribution in [1.29, 1.82) is 0 Å². The van der Waals surface area contributed by atoms with Crippen molar-refractivity contribution in [2.24, 2.45) is 0 Å². The largest absolute Gasteiger partial charge is 0.478 e. The summed E-state index contributed by atoms with van der Waals surface area (Å²) in [6.45, 7) is 4.38. The monoisotopic (exact) mass is 273 g/mol. The van der Waals surface area contributed by atoms with E-state index in [1.807, 2.05) is 17.9 Å². The molecular formula is C16H16FNO2. The van der Waals surface area contributed by atoms with E-state index in [2.05, 4.69) is 0 Å². The highest BCUT2D eigenvalue weighted by Gasteiger charge is 2.12. The summed E-state index contributed by atoms with van der Waals surface area (Å²) in [6.07, 6.45) is 0. The van der Waals surface area contributed by atoms with Crippen molar-refractivity contribution in [3.63, 3.8) is 0 Å². The molecule has 0 fully saturated rings. The molecule has 2 aromatic carbocycles. The predicted molar refractivity (Wildman–Crippen MR) is 77.2 cm³/mol. The summed E-state index contributed by atoms with van der Waals surface area (Å²) in [4.78, 5) is 13.0. The van der Waals surface area contributed by atoms with E-state index in [1.165, 1.54) is 12.1 Å². The topological polar surface area (TPSA) is 40.5 Å². The van der Waals surface area contributed by atoms with Crippen LogP contribution < -0.4 is 4.90 Å². The first-order valence-corrected chi connectivity index (χ1v) is 6.40. The molecule has 2 rings (SSSR count). The van der Waals surface area contributed by atoms with Gasteiger partial charge in [0, 0.05) is 17.9 Å². The van der Waals surface area contributed by atoms with Crippen LogP contribution in [-0.2, 0) is 0 Å². The van der Waals surface area contributed by atoms with Gasteiger partial charge in [0.05, 0.1) is 5.56 Å². The van der Waals surface area contributed by atoms with Gasteiger partial charge < -0.3 is 10.0 Å². The van der Waals surface area contributed by atoms with Crippen molar-refractivity contribution in [2.45, 2.75) is 13.8 Å². The van der Waals surface area contributed by atoms with Crippen LogP contribution in [0.5, 0.6) is 0 Å². The van der Waals surface area contributed by atoms with Crippen LogP contribution in [0.3, 0.4) is 0 Å². The third-order valence-electron chi connectivity index (χ3n) is 3.19. The Bertz CT molecular complexity index is 640. The molecule has 0 atom stereocenters. The Balaban J connectivity index is 2.42. The molecule has 4 heteroatoms. The number of nitrogens with zero attached hydrogens (tertiary/aromatic N) is 1. The van der Waals surface area contributed by atoms with Gasteiger partial charge in [0.25, 0.3) is 0 Å². The van der Waals surface area contributed by atoms with E-state index in [9.17, 15) is 9.18 Å². The van der Waals surface area contributed by atoms with E-state index >= 15 is 0 Å². The first kappa shape index (κ1) is 14.1. The van der Waals surface area contributed by atoms with Crippen LogP contribution >= 0.6 is 0 Å².